The smallest absolute Gasteiger partial charge is 0.242 e. The van der Waals surface area contributed by atoms with Crippen LogP contribution in [0.15, 0.2) is 0 Å². The van der Waals surface area contributed by atoms with E-state index in [9.17, 15) is 9.59 Å². The van der Waals surface area contributed by atoms with Crippen LogP contribution in [0, 0.1) is 11.8 Å². The molecule has 1 aliphatic carbocycles. The normalized spacial score (nSPS) is 17.8. The van der Waals surface area contributed by atoms with Crippen molar-refractivity contribution in [3.05, 3.63) is 0 Å². The van der Waals surface area contributed by atoms with Crippen LogP contribution in [0.4, 0.5) is 0 Å². The number of methoxy groups -OCH3 is 1. The van der Waals surface area contributed by atoms with E-state index < -0.39 is 6.04 Å². The maximum Gasteiger partial charge on any atom is 0.242 e. The van der Waals surface area contributed by atoms with Crippen LogP contribution >= 0.6 is 0 Å². The van der Waals surface area contributed by atoms with Crippen LogP contribution in [0.1, 0.15) is 46.0 Å². The molecule has 0 bridgehead atoms. The number of hydrogen-bond acceptors (Lipinski definition) is 3. The summed E-state index contributed by atoms with van der Waals surface area (Å²) in [7, 11) is 1.59. The molecule has 116 valence electrons. The average Bonchev–Trinajstić information content (AvgIpc) is 2.45. The minimum Gasteiger partial charge on any atom is -0.383 e. The summed E-state index contributed by atoms with van der Waals surface area (Å²) in [5.74, 6) is 0.0633. The van der Waals surface area contributed by atoms with Crippen LogP contribution in [-0.4, -0.2) is 38.1 Å². The van der Waals surface area contributed by atoms with Gasteiger partial charge >= 0.3 is 0 Å². The molecule has 1 fully saturated rings. The Balaban J connectivity index is 2.48. The van der Waals surface area contributed by atoms with Crippen LogP contribution in [0.2, 0.25) is 0 Å². The summed E-state index contributed by atoms with van der Waals surface area (Å²) in [5.41, 5.74) is 0. The van der Waals surface area contributed by atoms with E-state index in [4.69, 9.17) is 4.74 Å². The summed E-state index contributed by atoms with van der Waals surface area (Å²) < 4.78 is 4.91. The molecular formula is C15H28N2O3. The Morgan fingerprint density at radius 1 is 1.20 bits per heavy atom. The number of carbonyl (C=O) groups is 2. The van der Waals surface area contributed by atoms with Gasteiger partial charge in [0.2, 0.25) is 11.8 Å². The molecule has 1 saturated carbocycles. The lowest BCUT2D eigenvalue weighted by Crippen LogP contribution is -2.51. The third kappa shape index (κ3) is 5.49. The fourth-order valence-corrected chi connectivity index (χ4v) is 2.56. The number of nitrogens with one attached hydrogen (secondary N) is 2. The first-order valence-electron chi connectivity index (χ1n) is 7.63. The Labute approximate surface area is 121 Å². The van der Waals surface area contributed by atoms with Gasteiger partial charge in [-0.25, -0.2) is 0 Å². The van der Waals surface area contributed by atoms with Gasteiger partial charge in [-0.15, -0.1) is 0 Å². The third-order valence-electron chi connectivity index (χ3n) is 3.83. The largest absolute Gasteiger partial charge is 0.383 e. The lowest BCUT2D eigenvalue weighted by atomic mass is 9.88. The molecule has 0 heterocycles. The Kier molecular flexibility index (Phi) is 7.59. The van der Waals surface area contributed by atoms with Crippen molar-refractivity contribution >= 4 is 11.8 Å². The first-order valence-corrected chi connectivity index (χ1v) is 7.63. The fraction of sp³-hybridized carbons (Fsp3) is 0.867. The van der Waals surface area contributed by atoms with Gasteiger partial charge in [0.15, 0.2) is 0 Å². The van der Waals surface area contributed by atoms with Crippen molar-refractivity contribution < 1.29 is 14.3 Å². The highest BCUT2D eigenvalue weighted by Gasteiger charge is 2.28. The van der Waals surface area contributed by atoms with E-state index in [0.717, 1.165) is 25.7 Å². The second kappa shape index (κ2) is 8.95. The second-order valence-corrected chi connectivity index (χ2v) is 5.85. The summed E-state index contributed by atoms with van der Waals surface area (Å²) in [6.45, 7) is 4.84. The lowest BCUT2D eigenvalue weighted by molar-refractivity contribution is -0.132. The van der Waals surface area contributed by atoms with Gasteiger partial charge in [-0.05, 0) is 18.8 Å². The molecular weight excluding hydrogens is 256 g/mol. The van der Waals surface area contributed by atoms with Crippen LogP contribution in [-0.2, 0) is 14.3 Å². The molecule has 2 N–H and O–H groups in total. The van der Waals surface area contributed by atoms with Gasteiger partial charge in [0.05, 0.1) is 6.61 Å². The van der Waals surface area contributed by atoms with Gasteiger partial charge < -0.3 is 15.4 Å². The van der Waals surface area contributed by atoms with E-state index in [-0.39, 0.29) is 23.7 Å². The zero-order valence-corrected chi connectivity index (χ0v) is 12.9. The predicted molar refractivity (Wildman–Crippen MR) is 78.2 cm³/mol. The Hall–Kier alpha value is -1.10. The highest BCUT2D eigenvalue weighted by Crippen LogP contribution is 2.24. The maximum atomic E-state index is 12.2. The topological polar surface area (TPSA) is 67.4 Å². The molecule has 0 unspecified atom stereocenters. The van der Waals surface area contributed by atoms with Gasteiger partial charge in [0.1, 0.15) is 6.04 Å². The Morgan fingerprint density at radius 2 is 1.85 bits per heavy atom. The van der Waals surface area contributed by atoms with E-state index in [1.807, 2.05) is 13.8 Å². The van der Waals surface area contributed by atoms with Crippen LogP contribution in [0.3, 0.4) is 0 Å². The van der Waals surface area contributed by atoms with Crippen LogP contribution < -0.4 is 10.6 Å². The molecule has 5 heteroatoms. The van der Waals surface area contributed by atoms with Gasteiger partial charge in [0, 0.05) is 19.6 Å². The van der Waals surface area contributed by atoms with E-state index in [1.165, 1.54) is 6.42 Å². The van der Waals surface area contributed by atoms with Crippen molar-refractivity contribution in [2.24, 2.45) is 11.8 Å². The molecule has 20 heavy (non-hydrogen) atoms. The summed E-state index contributed by atoms with van der Waals surface area (Å²) in [6, 6.07) is -0.457. The Morgan fingerprint density at radius 3 is 2.40 bits per heavy atom. The van der Waals surface area contributed by atoms with Gasteiger partial charge in [-0.2, -0.15) is 0 Å². The average molecular weight is 284 g/mol. The van der Waals surface area contributed by atoms with Gasteiger partial charge in [-0.3, -0.25) is 9.59 Å². The minimum absolute atomic E-state index is 0.0327. The first-order chi connectivity index (χ1) is 9.56. The highest BCUT2D eigenvalue weighted by atomic mass is 16.5. The number of ether oxygens (including phenoxy) is 1. The molecule has 0 aromatic heterocycles. The summed E-state index contributed by atoms with van der Waals surface area (Å²) in [5, 5.41) is 5.72. The van der Waals surface area contributed by atoms with Crippen molar-refractivity contribution in [2.75, 3.05) is 20.3 Å². The molecule has 0 aromatic rings. The van der Waals surface area contributed by atoms with E-state index >= 15 is 0 Å². The van der Waals surface area contributed by atoms with Crippen LogP contribution in [0.25, 0.3) is 0 Å². The highest BCUT2D eigenvalue weighted by molar-refractivity contribution is 5.88. The van der Waals surface area contributed by atoms with Crippen molar-refractivity contribution in [3.8, 4) is 0 Å². The number of amides is 2. The molecule has 1 rings (SSSR count). The molecule has 1 aliphatic rings. The van der Waals surface area contributed by atoms with E-state index in [2.05, 4.69) is 10.6 Å². The van der Waals surface area contributed by atoms with Crippen molar-refractivity contribution in [2.45, 2.75) is 52.0 Å². The van der Waals surface area contributed by atoms with Crippen molar-refractivity contribution in [1.29, 1.82) is 0 Å². The van der Waals surface area contributed by atoms with Gasteiger partial charge in [-0.1, -0.05) is 33.1 Å². The maximum absolute atomic E-state index is 12.2. The predicted octanol–water partition coefficient (Wildman–Crippen LogP) is 1.47. The number of rotatable bonds is 7. The SMILES string of the molecule is COCCNC(=O)[C@H](NC(=O)C1CCCCC1)C(C)C. The fourth-order valence-electron chi connectivity index (χ4n) is 2.56. The molecule has 0 radical (unpaired) electrons. The first kappa shape index (κ1) is 17.0. The molecule has 5 nitrogen and oxygen atoms in total. The van der Waals surface area contributed by atoms with E-state index in [1.54, 1.807) is 7.11 Å². The molecule has 0 saturated heterocycles. The van der Waals surface area contributed by atoms with Crippen molar-refractivity contribution in [3.63, 3.8) is 0 Å². The second-order valence-electron chi connectivity index (χ2n) is 5.85. The molecule has 0 spiro atoms. The number of hydrogen-bond donors (Lipinski definition) is 2. The third-order valence-corrected chi connectivity index (χ3v) is 3.83. The Bertz CT molecular complexity index is 312. The standard InChI is InChI=1S/C15H28N2O3/c1-11(2)13(15(19)16-9-10-20-3)17-14(18)12-7-5-4-6-8-12/h11-13H,4-10H2,1-3H3,(H,16,19)(H,17,18)/t13-/m1/s1. The van der Waals surface area contributed by atoms with Crippen LogP contribution in [0.5, 0.6) is 0 Å². The monoisotopic (exact) mass is 284 g/mol. The molecule has 1 atom stereocenters. The zero-order chi connectivity index (χ0) is 15.0. The summed E-state index contributed by atoms with van der Waals surface area (Å²) in [4.78, 5) is 24.3. The molecule has 0 aliphatic heterocycles. The molecule has 2 amide bonds. The zero-order valence-electron chi connectivity index (χ0n) is 12.9. The minimum atomic E-state index is -0.457. The number of carbonyl (C=O) groups excluding carboxylic acids is 2. The quantitative estimate of drug-likeness (QED) is 0.696. The summed E-state index contributed by atoms with van der Waals surface area (Å²) >= 11 is 0. The molecule has 0 aromatic carbocycles. The summed E-state index contributed by atoms with van der Waals surface area (Å²) in [6.07, 6.45) is 5.34. The van der Waals surface area contributed by atoms with Gasteiger partial charge in [0.25, 0.3) is 0 Å². The van der Waals surface area contributed by atoms with Crippen molar-refractivity contribution in [1.82, 2.24) is 10.6 Å². The van der Waals surface area contributed by atoms with E-state index in [0.29, 0.717) is 13.2 Å². The lowest BCUT2D eigenvalue weighted by Gasteiger charge is -2.26.